The molecule has 2 heterocycles. The van der Waals surface area contributed by atoms with Crippen LogP contribution in [0.2, 0.25) is 0 Å². The van der Waals surface area contributed by atoms with Crippen LogP contribution in [0, 0.1) is 0 Å². The summed E-state index contributed by atoms with van der Waals surface area (Å²) >= 11 is 1.66. The van der Waals surface area contributed by atoms with E-state index in [4.69, 9.17) is 4.42 Å². The van der Waals surface area contributed by atoms with Gasteiger partial charge in [-0.1, -0.05) is 12.1 Å². The van der Waals surface area contributed by atoms with Crippen molar-refractivity contribution in [2.24, 2.45) is 0 Å². The number of nitrogens with zero attached hydrogens (tertiary/aromatic N) is 1. The summed E-state index contributed by atoms with van der Waals surface area (Å²) in [5.41, 5.74) is 1.13. The Morgan fingerprint density at radius 3 is 2.46 bits per heavy atom. The van der Waals surface area contributed by atoms with E-state index in [2.05, 4.69) is 5.32 Å². The molecule has 3 rings (SSSR count). The van der Waals surface area contributed by atoms with Gasteiger partial charge in [0.15, 0.2) is 5.76 Å². The van der Waals surface area contributed by atoms with Crippen molar-refractivity contribution < 1.29 is 14.0 Å². The number of rotatable bonds is 5. The molecule has 0 bridgehead atoms. The Balaban J connectivity index is 1.85. The quantitative estimate of drug-likeness (QED) is 0.643. The lowest BCUT2D eigenvalue weighted by Gasteiger charge is -2.27. The molecule has 0 spiro atoms. The van der Waals surface area contributed by atoms with Crippen LogP contribution in [0.15, 0.2) is 57.7 Å². The van der Waals surface area contributed by atoms with Crippen molar-refractivity contribution in [2.75, 3.05) is 19.3 Å². The standard InChI is InChI=1S/C20H22N2O3S/c1-26-16-9-7-15(8-10-16)14-17(20(24)22-11-3-2-4-12-22)21-19(23)18-6-5-13-25-18/h5-10,13-14H,2-4,11-12H2,1H3,(H,21,23). The lowest BCUT2D eigenvalue weighted by atomic mass is 10.1. The molecule has 0 saturated carbocycles. The summed E-state index contributed by atoms with van der Waals surface area (Å²) in [4.78, 5) is 28.3. The van der Waals surface area contributed by atoms with Gasteiger partial charge in [-0.3, -0.25) is 9.59 Å². The fraction of sp³-hybridized carbons (Fsp3) is 0.300. The molecule has 1 saturated heterocycles. The van der Waals surface area contributed by atoms with Crippen LogP contribution in [0.25, 0.3) is 6.08 Å². The summed E-state index contributed by atoms with van der Waals surface area (Å²) in [5, 5.41) is 2.73. The van der Waals surface area contributed by atoms with Gasteiger partial charge < -0.3 is 14.6 Å². The van der Waals surface area contributed by atoms with Crippen LogP contribution in [-0.4, -0.2) is 36.1 Å². The lowest BCUT2D eigenvalue weighted by molar-refractivity contribution is -0.128. The van der Waals surface area contributed by atoms with Gasteiger partial charge in [-0.25, -0.2) is 0 Å². The molecule has 2 aromatic rings. The molecule has 5 nitrogen and oxygen atoms in total. The van der Waals surface area contributed by atoms with Crippen LogP contribution in [0.3, 0.4) is 0 Å². The Morgan fingerprint density at radius 1 is 1.12 bits per heavy atom. The summed E-state index contributed by atoms with van der Waals surface area (Å²) in [6, 6.07) is 11.1. The zero-order valence-electron chi connectivity index (χ0n) is 14.7. The molecule has 1 aliphatic heterocycles. The summed E-state index contributed by atoms with van der Waals surface area (Å²) in [6.45, 7) is 1.44. The van der Waals surface area contributed by atoms with E-state index in [1.165, 1.54) is 6.26 Å². The number of likely N-dealkylation sites (tertiary alicyclic amines) is 1. The molecule has 1 aromatic heterocycles. The topological polar surface area (TPSA) is 62.6 Å². The third-order valence-corrected chi connectivity index (χ3v) is 5.04. The molecule has 0 radical (unpaired) electrons. The molecule has 1 aromatic carbocycles. The van der Waals surface area contributed by atoms with E-state index in [0.29, 0.717) is 0 Å². The molecule has 1 N–H and O–H groups in total. The van der Waals surface area contributed by atoms with E-state index < -0.39 is 5.91 Å². The van der Waals surface area contributed by atoms with E-state index in [0.717, 1.165) is 42.8 Å². The number of hydrogen-bond acceptors (Lipinski definition) is 4. The van der Waals surface area contributed by atoms with Crippen molar-refractivity contribution in [2.45, 2.75) is 24.2 Å². The van der Waals surface area contributed by atoms with Gasteiger partial charge in [-0.05, 0) is 61.4 Å². The van der Waals surface area contributed by atoms with Crippen molar-refractivity contribution in [3.8, 4) is 0 Å². The predicted molar refractivity (Wildman–Crippen MR) is 103 cm³/mol. The maximum Gasteiger partial charge on any atom is 0.291 e. The molecule has 136 valence electrons. The highest BCUT2D eigenvalue weighted by molar-refractivity contribution is 7.98. The number of thioether (sulfide) groups is 1. The summed E-state index contributed by atoms with van der Waals surface area (Å²) in [5.74, 6) is -0.397. The SMILES string of the molecule is CSc1ccc(C=C(NC(=O)c2ccco2)C(=O)N2CCCCC2)cc1. The highest BCUT2D eigenvalue weighted by Gasteiger charge is 2.23. The lowest BCUT2D eigenvalue weighted by Crippen LogP contribution is -2.41. The minimum Gasteiger partial charge on any atom is -0.459 e. The average Bonchev–Trinajstić information content (AvgIpc) is 3.23. The van der Waals surface area contributed by atoms with E-state index in [1.54, 1.807) is 34.9 Å². The second kappa shape index (κ2) is 8.76. The van der Waals surface area contributed by atoms with Crippen molar-refractivity contribution in [1.29, 1.82) is 0 Å². The molecule has 2 amide bonds. The van der Waals surface area contributed by atoms with Gasteiger partial charge in [0.1, 0.15) is 5.70 Å². The van der Waals surface area contributed by atoms with E-state index in [-0.39, 0.29) is 17.4 Å². The first-order chi connectivity index (χ1) is 12.7. The molecule has 1 fully saturated rings. The summed E-state index contributed by atoms with van der Waals surface area (Å²) in [6.07, 6.45) is 8.30. The Morgan fingerprint density at radius 2 is 1.85 bits per heavy atom. The zero-order valence-corrected chi connectivity index (χ0v) is 15.6. The molecule has 0 unspecified atom stereocenters. The normalized spacial score (nSPS) is 15.0. The highest BCUT2D eigenvalue weighted by Crippen LogP contribution is 2.18. The average molecular weight is 370 g/mol. The van der Waals surface area contributed by atoms with Crippen molar-refractivity contribution in [3.05, 3.63) is 59.7 Å². The number of carbonyl (C=O) groups is 2. The van der Waals surface area contributed by atoms with Crippen molar-refractivity contribution in [3.63, 3.8) is 0 Å². The van der Waals surface area contributed by atoms with E-state index in [9.17, 15) is 9.59 Å². The van der Waals surface area contributed by atoms with Crippen LogP contribution in [0.1, 0.15) is 35.4 Å². The van der Waals surface area contributed by atoms with E-state index >= 15 is 0 Å². The highest BCUT2D eigenvalue weighted by atomic mass is 32.2. The number of hydrogen-bond donors (Lipinski definition) is 1. The Bertz CT molecular complexity index is 776. The van der Waals surface area contributed by atoms with Crippen LogP contribution in [-0.2, 0) is 4.79 Å². The van der Waals surface area contributed by atoms with Crippen molar-refractivity contribution in [1.82, 2.24) is 10.2 Å². The molecular formula is C20H22N2O3S. The van der Waals surface area contributed by atoms with Crippen LogP contribution >= 0.6 is 11.8 Å². The monoisotopic (exact) mass is 370 g/mol. The number of furan rings is 1. The van der Waals surface area contributed by atoms with Gasteiger partial charge in [0, 0.05) is 18.0 Å². The Kier molecular flexibility index (Phi) is 6.17. The fourth-order valence-corrected chi connectivity index (χ4v) is 3.29. The third kappa shape index (κ3) is 4.58. The summed E-state index contributed by atoms with van der Waals surface area (Å²) < 4.78 is 5.13. The first-order valence-electron chi connectivity index (χ1n) is 8.67. The molecule has 1 aliphatic rings. The summed E-state index contributed by atoms with van der Waals surface area (Å²) in [7, 11) is 0. The first kappa shape index (κ1) is 18.3. The molecule has 0 aliphatic carbocycles. The van der Waals surface area contributed by atoms with Crippen LogP contribution in [0.5, 0.6) is 0 Å². The van der Waals surface area contributed by atoms with Gasteiger partial charge >= 0.3 is 0 Å². The largest absolute Gasteiger partial charge is 0.459 e. The Labute approximate surface area is 157 Å². The fourth-order valence-electron chi connectivity index (χ4n) is 2.88. The number of benzene rings is 1. The number of carbonyl (C=O) groups excluding carboxylic acids is 2. The number of piperidine rings is 1. The van der Waals surface area contributed by atoms with Crippen LogP contribution in [0.4, 0.5) is 0 Å². The number of amides is 2. The van der Waals surface area contributed by atoms with Gasteiger partial charge in [0.25, 0.3) is 11.8 Å². The molecule has 0 atom stereocenters. The van der Waals surface area contributed by atoms with Gasteiger partial charge in [0.2, 0.25) is 0 Å². The second-order valence-electron chi connectivity index (χ2n) is 6.12. The predicted octanol–water partition coefficient (Wildman–Crippen LogP) is 3.78. The maximum absolute atomic E-state index is 12.9. The first-order valence-corrected chi connectivity index (χ1v) is 9.90. The molecular weight excluding hydrogens is 348 g/mol. The van der Waals surface area contributed by atoms with Crippen LogP contribution < -0.4 is 5.32 Å². The van der Waals surface area contributed by atoms with Gasteiger partial charge in [-0.15, -0.1) is 11.8 Å². The minimum absolute atomic E-state index is 0.154. The smallest absolute Gasteiger partial charge is 0.291 e. The second-order valence-corrected chi connectivity index (χ2v) is 7.00. The third-order valence-electron chi connectivity index (χ3n) is 4.29. The van der Waals surface area contributed by atoms with E-state index in [1.807, 2.05) is 30.5 Å². The number of nitrogens with one attached hydrogen (secondary N) is 1. The molecule has 26 heavy (non-hydrogen) atoms. The maximum atomic E-state index is 12.9. The molecule has 6 heteroatoms. The zero-order chi connectivity index (χ0) is 18.4. The Hall–Kier alpha value is -2.47. The van der Waals surface area contributed by atoms with Gasteiger partial charge in [0.05, 0.1) is 6.26 Å². The minimum atomic E-state index is -0.424. The van der Waals surface area contributed by atoms with Crippen molar-refractivity contribution >= 4 is 29.7 Å². The van der Waals surface area contributed by atoms with Gasteiger partial charge in [-0.2, -0.15) is 0 Å².